The van der Waals surface area contributed by atoms with E-state index < -0.39 is 0 Å². The zero-order valence-corrected chi connectivity index (χ0v) is 13.7. The topological polar surface area (TPSA) is 41.1 Å². The molecular weight excluding hydrogens is 319 g/mol. The normalized spacial score (nSPS) is 16.6. The van der Waals surface area contributed by atoms with E-state index >= 15 is 0 Å². The molecule has 4 nitrogen and oxygen atoms in total. The maximum atomic E-state index is 5.90. The van der Waals surface area contributed by atoms with Gasteiger partial charge >= 0.3 is 0 Å². The van der Waals surface area contributed by atoms with Crippen molar-refractivity contribution >= 4 is 29.2 Å². The summed E-state index contributed by atoms with van der Waals surface area (Å²) in [6.07, 6.45) is 2.11. The van der Waals surface area contributed by atoms with Crippen LogP contribution in [0.15, 0.2) is 36.4 Å². The molecule has 0 unspecified atom stereocenters. The molecule has 1 aromatic carbocycles. The molecule has 1 N–H and O–H groups in total. The first-order valence-electron chi connectivity index (χ1n) is 7.42. The van der Waals surface area contributed by atoms with Crippen LogP contribution >= 0.6 is 23.2 Å². The van der Waals surface area contributed by atoms with Crippen molar-refractivity contribution in [2.24, 2.45) is 0 Å². The molecule has 1 aliphatic rings. The van der Waals surface area contributed by atoms with Gasteiger partial charge in [0, 0.05) is 31.7 Å². The van der Waals surface area contributed by atoms with Gasteiger partial charge in [-0.2, -0.15) is 0 Å². The number of rotatable bonds is 4. The Bertz CT molecular complexity index is 593. The molecule has 0 amide bonds. The molecule has 2 heterocycles. The van der Waals surface area contributed by atoms with Crippen molar-refractivity contribution in [3.8, 4) is 0 Å². The number of hydrogen-bond acceptors (Lipinski definition) is 4. The highest BCUT2D eigenvalue weighted by atomic mass is 35.5. The minimum Gasteiger partial charge on any atom is -0.351 e. The second kappa shape index (κ2) is 7.27. The molecule has 0 bridgehead atoms. The van der Waals surface area contributed by atoms with Crippen molar-refractivity contribution in [1.29, 1.82) is 0 Å². The van der Waals surface area contributed by atoms with Crippen LogP contribution in [0.25, 0.3) is 0 Å². The van der Waals surface area contributed by atoms with E-state index in [1.165, 1.54) is 11.6 Å². The molecular formula is C16H18Cl2N4. The van der Waals surface area contributed by atoms with Crippen molar-refractivity contribution in [1.82, 2.24) is 14.9 Å². The Morgan fingerprint density at radius 3 is 2.32 bits per heavy atom. The summed E-state index contributed by atoms with van der Waals surface area (Å²) < 4.78 is 0. The number of nitrogens with one attached hydrogen (secondary N) is 1. The predicted octanol–water partition coefficient (Wildman–Crippen LogP) is 3.86. The number of piperidine rings is 1. The van der Waals surface area contributed by atoms with Gasteiger partial charge < -0.3 is 5.32 Å². The van der Waals surface area contributed by atoms with Crippen LogP contribution in [-0.4, -0.2) is 34.0 Å². The smallest absolute Gasteiger partial charge is 0.225 e. The largest absolute Gasteiger partial charge is 0.351 e. The van der Waals surface area contributed by atoms with Crippen molar-refractivity contribution in [3.63, 3.8) is 0 Å². The Morgan fingerprint density at radius 1 is 1.05 bits per heavy atom. The van der Waals surface area contributed by atoms with E-state index in [9.17, 15) is 0 Å². The predicted molar refractivity (Wildman–Crippen MR) is 90.4 cm³/mol. The van der Waals surface area contributed by atoms with Crippen LogP contribution in [-0.2, 0) is 6.54 Å². The van der Waals surface area contributed by atoms with Crippen LogP contribution in [0.4, 0.5) is 5.95 Å². The number of likely N-dealkylation sites (tertiary alicyclic amines) is 1. The van der Waals surface area contributed by atoms with Crippen molar-refractivity contribution in [2.75, 3.05) is 18.4 Å². The molecule has 1 fully saturated rings. The summed E-state index contributed by atoms with van der Waals surface area (Å²) in [4.78, 5) is 10.8. The molecule has 22 heavy (non-hydrogen) atoms. The Morgan fingerprint density at radius 2 is 1.68 bits per heavy atom. The number of anilines is 1. The highest BCUT2D eigenvalue weighted by Gasteiger charge is 2.20. The van der Waals surface area contributed by atoms with Crippen LogP contribution in [0.3, 0.4) is 0 Å². The maximum Gasteiger partial charge on any atom is 0.225 e. The Hall–Kier alpha value is -1.36. The number of hydrogen-bond donors (Lipinski definition) is 1. The average molecular weight is 337 g/mol. The van der Waals surface area contributed by atoms with Gasteiger partial charge in [-0.1, -0.05) is 53.5 Å². The molecule has 3 rings (SSSR count). The molecule has 6 heteroatoms. The molecule has 1 saturated heterocycles. The van der Waals surface area contributed by atoms with Gasteiger partial charge in [0.05, 0.1) is 0 Å². The minimum atomic E-state index is 0.363. The first kappa shape index (κ1) is 15.5. The SMILES string of the molecule is Clc1cc(Cl)nc(NC2CCN(Cc3ccccc3)CC2)n1. The van der Waals surface area contributed by atoms with E-state index in [1.54, 1.807) is 0 Å². The van der Waals surface area contributed by atoms with Crippen molar-refractivity contribution in [3.05, 3.63) is 52.3 Å². The lowest BCUT2D eigenvalue weighted by Gasteiger charge is -2.32. The van der Waals surface area contributed by atoms with Crippen LogP contribution < -0.4 is 5.32 Å². The summed E-state index contributed by atoms with van der Waals surface area (Å²) in [5.74, 6) is 0.513. The molecule has 0 atom stereocenters. The highest BCUT2D eigenvalue weighted by molar-refractivity contribution is 6.33. The molecule has 0 radical (unpaired) electrons. The maximum absolute atomic E-state index is 5.90. The lowest BCUT2D eigenvalue weighted by molar-refractivity contribution is 0.211. The van der Waals surface area contributed by atoms with Gasteiger partial charge in [-0.05, 0) is 18.4 Å². The molecule has 0 spiro atoms. The van der Waals surface area contributed by atoms with Gasteiger partial charge in [0.25, 0.3) is 0 Å². The van der Waals surface area contributed by atoms with E-state index in [4.69, 9.17) is 23.2 Å². The summed E-state index contributed by atoms with van der Waals surface area (Å²) >= 11 is 11.8. The van der Waals surface area contributed by atoms with Crippen LogP contribution in [0.1, 0.15) is 18.4 Å². The first-order valence-corrected chi connectivity index (χ1v) is 8.17. The van der Waals surface area contributed by atoms with Crippen molar-refractivity contribution < 1.29 is 0 Å². The van der Waals surface area contributed by atoms with E-state index in [2.05, 4.69) is 50.5 Å². The Balaban J connectivity index is 1.51. The molecule has 0 saturated carbocycles. The van der Waals surface area contributed by atoms with E-state index in [0.717, 1.165) is 32.5 Å². The highest BCUT2D eigenvalue weighted by Crippen LogP contribution is 2.19. The summed E-state index contributed by atoms with van der Waals surface area (Å²) in [5, 5.41) is 4.06. The quantitative estimate of drug-likeness (QED) is 0.860. The fraction of sp³-hybridized carbons (Fsp3) is 0.375. The van der Waals surface area contributed by atoms with E-state index in [-0.39, 0.29) is 0 Å². The number of nitrogens with zero attached hydrogens (tertiary/aromatic N) is 3. The minimum absolute atomic E-state index is 0.363. The van der Waals surface area contributed by atoms with Gasteiger partial charge in [-0.15, -0.1) is 0 Å². The second-order valence-corrected chi connectivity index (χ2v) is 6.29. The van der Waals surface area contributed by atoms with Crippen LogP contribution in [0.5, 0.6) is 0 Å². The zero-order chi connectivity index (χ0) is 15.4. The molecule has 2 aromatic rings. The van der Waals surface area contributed by atoms with Crippen molar-refractivity contribution in [2.45, 2.75) is 25.4 Å². The third-order valence-electron chi connectivity index (χ3n) is 3.83. The average Bonchev–Trinajstić information content (AvgIpc) is 2.49. The van der Waals surface area contributed by atoms with Crippen LogP contribution in [0, 0.1) is 0 Å². The van der Waals surface area contributed by atoms with Gasteiger partial charge in [0.1, 0.15) is 10.3 Å². The molecule has 0 aliphatic carbocycles. The monoisotopic (exact) mass is 336 g/mol. The third-order valence-corrected chi connectivity index (χ3v) is 4.22. The second-order valence-electron chi connectivity index (χ2n) is 5.52. The van der Waals surface area contributed by atoms with E-state index in [1.807, 2.05) is 0 Å². The standard InChI is InChI=1S/C16H18Cl2N4/c17-14-10-15(18)21-16(20-14)19-13-6-8-22(9-7-13)11-12-4-2-1-3-5-12/h1-5,10,13H,6-9,11H2,(H,19,20,21). The zero-order valence-electron chi connectivity index (χ0n) is 12.2. The molecule has 116 valence electrons. The summed E-state index contributed by atoms with van der Waals surface area (Å²) in [6, 6.07) is 12.5. The first-order chi connectivity index (χ1) is 10.7. The summed E-state index contributed by atoms with van der Waals surface area (Å²) in [7, 11) is 0. The van der Waals surface area contributed by atoms with Gasteiger partial charge in [-0.3, -0.25) is 4.90 Å². The summed E-state index contributed by atoms with van der Waals surface area (Å²) in [6.45, 7) is 3.12. The Labute approximate surface area is 140 Å². The summed E-state index contributed by atoms with van der Waals surface area (Å²) in [5.41, 5.74) is 1.36. The van der Waals surface area contributed by atoms with Crippen LogP contribution in [0.2, 0.25) is 10.3 Å². The Kier molecular flexibility index (Phi) is 5.13. The number of benzene rings is 1. The number of aromatic nitrogens is 2. The van der Waals surface area contributed by atoms with Gasteiger partial charge in [-0.25, -0.2) is 9.97 Å². The fourth-order valence-electron chi connectivity index (χ4n) is 2.71. The lowest BCUT2D eigenvalue weighted by atomic mass is 10.0. The van der Waals surface area contributed by atoms with E-state index in [0.29, 0.717) is 22.3 Å². The van der Waals surface area contributed by atoms with Gasteiger partial charge in [0.15, 0.2) is 0 Å². The lowest BCUT2D eigenvalue weighted by Crippen LogP contribution is -2.38. The molecule has 1 aromatic heterocycles. The number of halogens is 2. The van der Waals surface area contributed by atoms with Gasteiger partial charge in [0.2, 0.25) is 5.95 Å². The third kappa shape index (κ3) is 4.32. The fourth-order valence-corrected chi connectivity index (χ4v) is 3.14. The molecule has 1 aliphatic heterocycles.